The van der Waals surface area contributed by atoms with E-state index in [9.17, 15) is 4.79 Å². The van der Waals surface area contributed by atoms with Gasteiger partial charge in [0.15, 0.2) is 6.61 Å². The number of carbonyl (C=O) groups excluding carboxylic acids is 1. The monoisotopic (exact) mass is 376 g/mol. The first-order valence-corrected chi connectivity index (χ1v) is 8.51. The van der Waals surface area contributed by atoms with Crippen LogP contribution in [0.15, 0.2) is 54.6 Å². The van der Waals surface area contributed by atoms with Gasteiger partial charge in [0, 0.05) is 25.1 Å². The first kappa shape index (κ1) is 20.1. The molecule has 0 radical (unpaired) electrons. The van der Waals surface area contributed by atoms with Crippen LogP contribution < -0.4 is 15.2 Å². The van der Waals surface area contributed by atoms with Crippen LogP contribution in [0.3, 0.4) is 0 Å². The third kappa shape index (κ3) is 4.68. The largest absolute Gasteiger partial charge is 0.497 e. The standard InChI is InChI=1S/C20H24N2O3.ClH/c1-24-17-8-5-9-18(10-17)25-14-20(23)22-12-16(11-21)19(13-22)15-6-3-2-4-7-15;/h2-10,16,19H,11-14,21H2,1H3;1H/t16-,19+;/m1./s1. The Balaban J connectivity index is 0.00000243. The number of amides is 1. The summed E-state index contributed by atoms with van der Waals surface area (Å²) < 4.78 is 10.8. The molecule has 140 valence electrons. The molecular weight excluding hydrogens is 352 g/mol. The third-order valence-corrected chi connectivity index (χ3v) is 4.73. The maximum Gasteiger partial charge on any atom is 0.260 e. The highest BCUT2D eigenvalue weighted by molar-refractivity contribution is 5.85. The van der Waals surface area contributed by atoms with E-state index in [1.165, 1.54) is 5.56 Å². The Kier molecular flexibility index (Phi) is 7.30. The van der Waals surface area contributed by atoms with E-state index < -0.39 is 0 Å². The van der Waals surface area contributed by atoms with Crippen LogP contribution in [-0.2, 0) is 4.79 Å². The maximum absolute atomic E-state index is 12.5. The molecular formula is C20H25ClN2O3. The molecule has 0 aliphatic carbocycles. The lowest BCUT2D eigenvalue weighted by Gasteiger charge is -2.17. The van der Waals surface area contributed by atoms with Crippen molar-refractivity contribution in [2.75, 3.05) is 33.4 Å². The van der Waals surface area contributed by atoms with E-state index in [2.05, 4.69) is 12.1 Å². The average molecular weight is 377 g/mol. The Labute approximate surface area is 160 Å². The molecule has 26 heavy (non-hydrogen) atoms. The van der Waals surface area contributed by atoms with Crippen LogP contribution in [0.25, 0.3) is 0 Å². The molecule has 2 aromatic carbocycles. The van der Waals surface area contributed by atoms with E-state index in [1.54, 1.807) is 13.2 Å². The fraction of sp³-hybridized carbons (Fsp3) is 0.350. The number of rotatable bonds is 6. The molecule has 6 heteroatoms. The van der Waals surface area contributed by atoms with Crippen molar-refractivity contribution in [3.05, 3.63) is 60.2 Å². The summed E-state index contributed by atoms with van der Waals surface area (Å²) in [5.74, 6) is 1.88. The molecule has 0 aromatic heterocycles. The maximum atomic E-state index is 12.5. The molecule has 0 saturated carbocycles. The Bertz CT molecular complexity index is 711. The number of carbonyl (C=O) groups is 1. The molecule has 0 bridgehead atoms. The minimum Gasteiger partial charge on any atom is -0.497 e. The van der Waals surface area contributed by atoms with Gasteiger partial charge in [0.05, 0.1) is 7.11 Å². The van der Waals surface area contributed by atoms with Crippen molar-refractivity contribution in [3.8, 4) is 11.5 Å². The second kappa shape index (κ2) is 9.46. The van der Waals surface area contributed by atoms with Gasteiger partial charge in [-0.3, -0.25) is 4.79 Å². The van der Waals surface area contributed by atoms with Gasteiger partial charge in [-0.2, -0.15) is 0 Å². The number of nitrogens with two attached hydrogens (primary N) is 1. The quantitative estimate of drug-likeness (QED) is 0.841. The van der Waals surface area contributed by atoms with Gasteiger partial charge >= 0.3 is 0 Å². The number of nitrogens with zero attached hydrogens (tertiary/aromatic N) is 1. The van der Waals surface area contributed by atoms with Crippen LogP contribution in [0.2, 0.25) is 0 Å². The number of methoxy groups -OCH3 is 1. The predicted octanol–water partition coefficient (Wildman–Crippen LogP) is 2.70. The van der Waals surface area contributed by atoms with Crippen molar-refractivity contribution in [2.45, 2.75) is 5.92 Å². The van der Waals surface area contributed by atoms with Gasteiger partial charge < -0.3 is 20.1 Å². The summed E-state index contributed by atoms with van der Waals surface area (Å²) in [5.41, 5.74) is 7.18. The van der Waals surface area contributed by atoms with Crippen molar-refractivity contribution in [1.29, 1.82) is 0 Å². The lowest BCUT2D eigenvalue weighted by Crippen LogP contribution is -2.33. The predicted molar refractivity (Wildman–Crippen MR) is 104 cm³/mol. The summed E-state index contributed by atoms with van der Waals surface area (Å²) in [7, 11) is 1.60. The molecule has 1 saturated heterocycles. The normalized spacial score (nSPS) is 18.9. The Hall–Kier alpha value is -2.24. The van der Waals surface area contributed by atoms with Gasteiger partial charge in [-0.25, -0.2) is 0 Å². The summed E-state index contributed by atoms with van der Waals surface area (Å²) in [5, 5.41) is 0. The number of likely N-dealkylation sites (tertiary alicyclic amines) is 1. The summed E-state index contributed by atoms with van der Waals surface area (Å²) in [6.07, 6.45) is 0. The van der Waals surface area contributed by atoms with Crippen molar-refractivity contribution in [1.82, 2.24) is 4.90 Å². The highest BCUT2D eigenvalue weighted by Crippen LogP contribution is 2.32. The van der Waals surface area contributed by atoms with Crippen LogP contribution in [0.4, 0.5) is 0 Å². The fourth-order valence-corrected chi connectivity index (χ4v) is 3.32. The van der Waals surface area contributed by atoms with E-state index in [-0.39, 0.29) is 36.8 Å². The highest BCUT2D eigenvalue weighted by Gasteiger charge is 2.35. The number of benzene rings is 2. The van der Waals surface area contributed by atoms with E-state index in [4.69, 9.17) is 15.2 Å². The van der Waals surface area contributed by atoms with Gasteiger partial charge in [-0.15, -0.1) is 12.4 Å². The molecule has 0 unspecified atom stereocenters. The summed E-state index contributed by atoms with van der Waals surface area (Å²) in [6, 6.07) is 17.5. The molecule has 1 amide bonds. The third-order valence-electron chi connectivity index (χ3n) is 4.73. The van der Waals surface area contributed by atoms with Crippen molar-refractivity contribution in [3.63, 3.8) is 0 Å². The summed E-state index contributed by atoms with van der Waals surface area (Å²) in [6.45, 7) is 1.95. The molecule has 2 aromatic rings. The molecule has 0 spiro atoms. The summed E-state index contributed by atoms with van der Waals surface area (Å²) >= 11 is 0. The van der Waals surface area contributed by atoms with Gasteiger partial charge in [0.2, 0.25) is 0 Å². The highest BCUT2D eigenvalue weighted by atomic mass is 35.5. The van der Waals surface area contributed by atoms with Gasteiger partial charge in [-0.1, -0.05) is 36.4 Å². The minimum absolute atomic E-state index is 0. The van der Waals surface area contributed by atoms with Crippen molar-refractivity contribution < 1.29 is 14.3 Å². The second-order valence-corrected chi connectivity index (χ2v) is 6.28. The first-order valence-electron chi connectivity index (χ1n) is 8.51. The molecule has 1 heterocycles. The van der Waals surface area contributed by atoms with Gasteiger partial charge in [0.25, 0.3) is 5.91 Å². The Morgan fingerprint density at radius 3 is 2.54 bits per heavy atom. The van der Waals surface area contributed by atoms with E-state index in [0.29, 0.717) is 31.1 Å². The lowest BCUT2D eigenvalue weighted by molar-refractivity contribution is -0.132. The zero-order valence-electron chi connectivity index (χ0n) is 14.8. The van der Waals surface area contributed by atoms with Gasteiger partial charge in [-0.05, 0) is 30.2 Å². The van der Waals surface area contributed by atoms with Crippen LogP contribution in [0.1, 0.15) is 11.5 Å². The average Bonchev–Trinajstić information content (AvgIpc) is 3.11. The lowest BCUT2D eigenvalue weighted by atomic mass is 9.89. The van der Waals surface area contributed by atoms with Crippen LogP contribution in [-0.4, -0.2) is 44.2 Å². The minimum atomic E-state index is -0.0142. The summed E-state index contributed by atoms with van der Waals surface area (Å²) in [4.78, 5) is 14.4. The second-order valence-electron chi connectivity index (χ2n) is 6.28. The Morgan fingerprint density at radius 2 is 1.85 bits per heavy atom. The first-order chi connectivity index (χ1) is 12.2. The Morgan fingerprint density at radius 1 is 1.12 bits per heavy atom. The van der Waals surface area contributed by atoms with Gasteiger partial charge in [0.1, 0.15) is 11.5 Å². The SMILES string of the molecule is COc1cccc(OCC(=O)N2C[C@@H](CN)[C@H](c3ccccc3)C2)c1.Cl. The molecule has 1 fully saturated rings. The molecule has 5 nitrogen and oxygen atoms in total. The fourth-order valence-electron chi connectivity index (χ4n) is 3.32. The van der Waals surface area contributed by atoms with Crippen LogP contribution >= 0.6 is 12.4 Å². The van der Waals surface area contributed by atoms with Crippen LogP contribution in [0, 0.1) is 5.92 Å². The zero-order chi connectivity index (χ0) is 17.6. The zero-order valence-corrected chi connectivity index (χ0v) is 15.7. The number of halogens is 1. The van der Waals surface area contributed by atoms with Crippen molar-refractivity contribution in [2.24, 2.45) is 11.7 Å². The van der Waals surface area contributed by atoms with Crippen molar-refractivity contribution >= 4 is 18.3 Å². The van der Waals surface area contributed by atoms with E-state index in [1.807, 2.05) is 41.3 Å². The number of hydrogen-bond donors (Lipinski definition) is 1. The topological polar surface area (TPSA) is 64.8 Å². The molecule has 1 aliphatic rings. The molecule has 1 aliphatic heterocycles. The molecule has 2 N–H and O–H groups in total. The number of hydrogen-bond acceptors (Lipinski definition) is 4. The number of ether oxygens (including phenoxy) is 2. The van der Waals surface area contributed by atoms with E-state index >= 15 is 0 Å². The smallest absolute Gasteiger partial charge is 0.260 e. The van der Waals surface area contributed by atoms with Crippen LogP contribution in [0.5, 0.6) is 11.5 Å². The molecule has 3 rings (SSSR count). The molecule has 2 atom stereocenters. The van der Waals surface area contributed by atoms with E-state index in [0.717, 1.165) is 0 Å².